The van der Waals surface area contributed by atoms with Gasteiger partial charge in [0.25, 0.3) is 0 Å². The van der Waals surface area contributed by atoms with E-state index in [1.54, 1.807) is 6.92 Å². The average molecular weight is 283 g/mol. The van der Waals surface area contributed by atoms with Crippen LogP contribution in [-0.2, 0) is 6.54 Å². The van der Waals surface area contributed by atoms with Crippen LogP contribution in [0.5, 0.6) is 0 Å². The van der Waals surface area contributed by atoms with Crippen molar-refractivity contribution in [2.24, 2.45) is 5.92 Å². The highest BCUT2D eigenvalue weighted by Crippen LogP contribution is 2.32. The van der Waals surface area contributed by atoms with Gasteiger partial charge in [0.2, 0.25) is 0 Å². The van der Waals surface area contributed by atoms with Crippen LogP contribution >= 0.6 is 11.3 Å². The van der Waals surface area contributed by atoms with E-state index in [4.69, 9.17) is 5.11 Å². The van der Waals surface area contributed by atoms with E-state index in [-0.39, 0.29) is 23.5 Å². The van der Waals surface area contributed by atoms with Gasteiger partial charge in [0, 0.05) is 6.04 Å². The Kier molecular flexibility index (Phi) is 4.04. The minimum Gasteiger partial charge on any atom is -0.477 e. The molecule has 0 radical (unpaired) electrons. The number of carboxylic acids is 1. The van der Waals surface area contributed by atoms with Crippen molar-refractivity contribution in [2.45, 2.75) is 39.3 Å². The van der Waals surface area contributed by atoms with Gasteiger partial charge >= 0.3 is 12.0 Å². The first-order valence-corrected chi connectivity index (χ1v) is 7.06. The molecule has 0 aromatic carbocycles. The van der Waals surface area contributed by atoms with Crippen LogP contribution in [0.2, 0.25) is 0 Å². The fraction of sp³-hybridized carbons (Fsp3) is 0.583. The molecule has 7 heteroatoms. The van der Waals surface area contributed by atoms with Crippen LogP contribution in [0.25, 0.3) is 0 Å². The minimum atomic E-state index is -0.977. The Labute approximate surface area is 115 Å². The molecule has 2 amide bonds. The zero-order valence-electron chi connectivity index (χ0n) is 10.9. The molecule has 0 spiro atoms. The number of hydrogen-bond donors (Lipinski definition) is 3. The normalized spacial score (nSPS) is 20.9. The highest BCUT2D eigenvalue weighted by atomic mass is 32.1. The summed E-state index contributed by atoms with van der Waals surface area (Å²) in [5.74, 6) is -0.374. The molecule has 19 heavy (non-hydrogen) atoms. The van der Waals surface area contributed by atoms with Crippen molar-refractivity contribution < 1.29 is 14.7 Å². The number of carboxylic acid groups (broad SMARTS) is 1. The van der Waals surface area contributed by atoms with Crippen molar-refractivity contribution in [3.63, 3.8) is 0 Å². The second kappa shape index (κ2) is 5.56. The number of carbonyl (C=O) groups is 2. The summed E-state index contributed by atoms with van der Waals surface area (Å²) < 4.78 is 0. The van der Waals surface area contributed by atoms with E-state index in [0.717, 1.165) is 24.2 Å². The maximum atomic E-state index is 11.6. The second-order valence-corrected chi connectivity index (χ2v) is 5.75. The van der Waals surface area contributed by atoms with Crippen molar-refractivity contribution in [1.29, 1.82) is 0 Å². The van der Waals surface area contributed by atoms with Crippen LogP contribution in [-0.4, -0.2) is 28.1 Å². The summed E-state index contributed by atoms with van der Waals surface area (Å²) in [5.41, 5.74) is 0.489. The van der Waals surface area contributed by atoms with E-state index in [0.29, 0.717) is 16.6 Å². The van der Waals surface area contributed by atoms with Gasteiger partial charge in [-0.15, -0.1) is 11.3 Å². The Morgan fingerprint density at radius 3 is 2.79 bits per heavy atom. The molecule has 1 aromatic heterocycles. The van der Waals surface area contributed by atoms with Crippen LogP contribution < -0.4 is 10.6 Å². The molecule has 1 aromatic rings. The third kappa shape index (κ3) is 3.44. The monoisotopic (exact) mass is 283 g/mol. The molecule has 1 aliphatic carbocycles. The molecule has 1 fully saturated rings. The molecule has 1 heterocycles. The van der Waals surface area contributed by atoms with Gasteiger partial charge in [-0.2, -0.15) is 0 Å². The van der Waals surface area contributed by atoms with Gasteiger partial charge in [-0.3, -0.25) is 0 Å². The van der Waals surface area contributed by atoms with E-state index >= 15 is 0 Å². The molecule has 3 N–H and O–H groups in total. The fourth-order valence-electron chi connectivity index (χ4n) is 1.98. The third-order valence-corrected chi connectivity index (χ3v) is 4.34. The summed E-state index contributed by atoms with van der Waals surface area (Å²) >= 11 is 1.10. The van der Waals surface area contributed by atoms with Crippen LogP contribution in [0, 0.1) is 12.8 Å². The van der Waals surface area contributed by atoms with E-state index in [1.165, 1.54) is 0 Å². The van der Waals surface area contributed by atoms with Gasteiger partial charge in [0.15, 0.2) is 0 Å². The zero-order chi connectivity index (χ0) is 14.0. The van der Waals surface area contributed by atoms with E-state index < -0.39 is 5.97 Å². The molecule has 2 atom stereocenters. The summed E-state index contributed by atoms with van der Waals surface area (Å²) in [6.45, 7) is 4.02. The maximum Gasteiger partial charge on any atom is 0.347 e. The molecular formula is C12H17N3O3S. The molecule has 0 saturated heterocycles. The van der Waals surface area contributed by atoms with Crippen LogP contribution in [0.4, 0.5) is 4.79 Å². The lowest BCUT2D eigenvalue weighted by atomic mass is 10.3. The molecule has 104 valence electrons. The van der Waals surface area contributed by atoms with Gasteiger partial charge in [-0.1, -0.05) is 13.3 Å². The fourth-order valence-corrected chi connectivity index (χ4v) is 2.82. The SMILES string of the molecule is CCC1CC1NC(=O)NCc1nc(C)c(C(=O)O)s1. The van der Waals surface area contributed by atoms with Crippen molar-refractivity contribution in [2.75, 3.05) is 0 Å². The average Bonchev–Trinajstić information content (AvgIpc) is 2.99. The Balaban J connectivity index is 1.80. The van der Waals surface area contributed by atoms with Crippen LogP contribution in [0.15, 0.2) is 0 Å². The number of nitrogens with zero attached hydrogens (tertiary/aromatic N) is 1. The second-order valence-electron chi connectivity index (χ2n) is 4.66. The number of urea groups is 1. The first-order chi connectivity index (χ1) is 9.01. The number of rotatable bonds is 5. The van der Waals surface area contributed by atoms with Crippen molar-refractivity contribution >= 4 is 23.3 Å². The zero-order valence-corrected chi connectivity index (χ0v) is 11.7. The molecule has 2 rings (SSSR count). The topological polar surface area (TPSA) is 91.3 Å². The molecule has 1 saturated carbocycles. The quantitative estimate of drug-likeness (QED) is 0.767. The number of nitrogens with one attached hydrogen (secondary N) is 2. The Morgan fingerprint density at radius 2 is 2.26 bits per heavy atom. The van der Waals surface area contributed by atoms with Crippen molar-refractivity contribution in [3.05, 3.63) is 15.6 Å². The highest BCUT2D eigenvalue weighted by Gasteiger charge is 2.36. The molecule has 0 aliphatic heterocycles. The molecule has 0 bridgehead atoms. The van der Waals surface area contributed by atoms with E-state index in [2.05, 4.69) is 22.5 Å². The van der Waals surface area contributed by atoms with E-state index in [9.17, 15) is 9.59 Å². The first-order valence-electron chi connectivity index (χ1n) is 6.25. The van der Waals surface area contributed by atoms with Gasteiger partial charge < -0.3 is 15.7 Å². The summed E-state index contributed by atoms with van der Waals surface area (Å²) in [4.78, 5) is 26.8. The highest BCUT2D eigenvalue weighted by molar-refractivity contribution is 7.13. The Bertz CT molecular complexity index is 500. The molecule has 6 nitrogen and oxygen atoms in total. The van der Waals surface area contributed by atoms with Crippen molar-refractivity contribution in [3.8, 4) is 0 Å². The standard InChI is InChI=1S/C12H17N3O3S/c1-3-7-4-8(7)15-12(18)13-5-9-14-6(2)10(19-9)11(16)17/h7-8H,3-5H2,1-2H3,(H,16,17)(H2,13,15,18). The van der Waals surface area contributed by atoms with Crippen LogP contribution in [0.3, 0.4) is 0 Å². The van der Waals surface area contributed by atoms with Gasteiger partial charge in [0.1, 0.15) is 9.88 Å². The number of aromatic carboxylic acids is 1. The number of aromatic nitrogens is 1. The summed E-state index contributed by atoms with van der Waals surface area (Å²) in [6, 6.07) is 0.0725. The number of aryl methyl sites for hydroxylation is 1. The Hall–Kier alpha value is -1.63. The molecule has 2 unspecified atom stereocenters. The molecular weight excluding hydrogens is 266 g/mol. The Morgan fingerprint density at radius 1 is 1.53 bits per heavy atom. The van der Waals surface area contributed by atoms with Crippen LogP contribution in [0.1, 0.15) is 40.1 Å². The lowest BCUT2D eigenvalue weighted by Crippen LogP contribution is -2.37. The van der Waals surface area contributed by atoms with Gasteiger partial charge in [-0.25, -0.2) is 14.6 Å². The van der Waals surface area contributed by atoms with Gasteiger partial charge in [0.05, 0.1) is 12.2 Å². The van der Waals surface area contributed by atoms with Crippen molar-refractivity contribution in [1.82, 2.24) is 15.6 Å². The van der Waals surface area contributed by atoms with E-state index in [1.807, 2.05) is 0 Å². The smallest absolute Gasteiger partial charge is 0.347 e. The number of thiazole rings is 1. The number of carbonyl (C=O) groups excluding carboxylic acids is 1. The third-order valence-electron chi connectivity index (χ3n) is 3.20. The lowest BCUT2D eigenvalue weighted by Gasteiger charge is -2.05. The lowest BCUT2D eigenvalue weighted by molar-refractivity contribution is 0.0701. The number of hydrogen-bond acceptors (Lipinski definition) is 4. The predicted octanol–water partition coefficient (Wildman–Crippen LogP) is 1.75. The molecule has 1 aliphatic rings. The number of amides is 2. The maximum absolute atomic E-state index is 11.6. The first kappa shape index (κ1) is 13.8. The van der Waals surface area contributed by atoms with Gasteiger partial charge in [-0.05, 0) is 19.3 Å². The largest absolute Gasteiger partial charge is 0.477 e. The summed E-state index contributed by atoms with van der Waals surface area (Å²) in [7, 11) is 0. The predicted molar refractivity (Wildman–Crippen MR) is 71.4 cm³/mol. The minimum absolute atomic E-state index is 0.217. The summed E-state index contributed by atoms with van der Waals surface area (Å²) in [6.07, 6.45) is 2.13. The summed E-state index contributed by atoms with van der Waals surface area (Å²) in [5, 5.41) is 15.1.